The van der Waals surface area contributed by atoms with Crippen molar-refractivity contribution in [1.82, 2.24) is 19.5 Å². The fourth-order valence-electron chi connectivity index (χ4n) is 3.84. The standard InChI is InChI=1S/C25H29ClN6O6S/c1-17(14-28-39(35,36)37)15-32-24(33)30-23(31(25(32)34)16-18-5-7-19(26)8-6-18)29-20-9-11-21(12-10-20)38-22-4-2-3-13-27-22/h2-13,17,24-25,28,33-34H,14-16H2,1H3,(H,29,30)(H,35,36,37)/t17-,24+,25+/m1/s1. The number of aliphatic hydroxyl groups excluding tert-OH is 2. The molecule has 0 bridgehead atoms. The maximum Gasteiger partial charge on any atom is 0.333 e. The predicted octanol–water partition coefficient (Wildman–Crippen LogP) is 2.69. The molecular formula is C25H29ClN6O6S. The number of hydrogen-bond acceptors (Lipinski definition) is 10. The largest absolute Gasteiger partial charge is 0.439 e. The Morgan fingerprint density at radius 2 is 1.79 bits per heavy atom. The van der Waals surface area contributed by atoms with Crippen molar-refractivity contribution in [2.24, 2.45) is 10.9 Å². The van der Waals surface area contributed by atoms with E-state index in [-0.39, 0.29) is 31.5 Å². The van der Waals surface area contributed by atoms with Crippen LogP contribution in [0.4, 0.5) is 5.69 Å². The van der Waals surface area contributed by atoms with Crippen molar-refractivity contribution in [2.75, 3.05) is 18.4 Å². The molecular weight excluding hydrogens is 548 g/mol. The van der Waals surface area contributed by atoms with Crippen LogP contribution in [0.25, 0.3) is 0 Å². The number of nitrogens with one attached hydrogen (secondary N) is 2. The number of guanidine groups is 1. The van der Waals surface area contributed by atoms with Crippen molar-refractivity contribution in [2.45, 2.75) is 26.2 Å². The number of nitrogens with zero attached hydrogens (tertiary/aromatic N) is 4. The molecule has 0 spiro atoms. The average Bonchev–Trinajstić information content (AvgIpc) is 2.90. The van der Waals surface area contributed by atoms with Gasteiger partial charge >= 0.3 is 10.3 Å². The van der Waals surface area contributed by atoms with E-state index in [2.05, 4.69) is 15.3 Å². The maximum atomic E-state index is 11.3. The van der Waals surface area contributed by atoms with Gasteiger partial charge in [-0.2, -0.15) is 13.1 Å². The lowest BCUT2D eigenvalue weighted by molar-refractivity contribution is -0.167. The SMILES string of the molecule is C[C@H](CNS(=O)(=O)O)CN1[C@@H](O)N=C(Nc2ccc(Oc3ccccn3)cc2)N(Cc2ccc(Cl)cc2)[C@@H]1O. The van der Waals surface area contributed by atoms with Crippen LogP contribution in [0.3, 0.4) is 0 Å². The first kappa shape index (κ1) is 28.7. The number of pyridine rings is 1. The van der Waals surface area contributed by atoms with Crippen molar-refractivity contribution in [1.29, 1.82) is 0 Å². The van der Waals surface area contributed by atoms with Gasteiger partial charge in [-0.05, 0) is 53.9 Å². The lowest BCUT2D eigenvalue weighted by Gasteiger charge is -2.43. The molecule has 1 aliphatic heterocycles. The number of aliphatic imine (C=N–C) groups is 1. The predicted molar refractivity (Wildman–Crippen MR) is 146 cm³/mol. The first-order valence-corrected chi connectivity index (χ1v) is 13.8. The Morgan fingerprint density at radius 3 is 2.44 bits per heavy atom. The molecule has 39 heavy (non-hydrogen) atoms. The highest BCUT2D eigenvalue weighted by Crippen LogP contribution is 2.25. The lowest BCUT2D eigenvalue weighted by atomic mass is 10.1. The van der Waals surface area contributed by atoms with Gasteiger partial charge in [0.2, 0.25) is 18.2 Å². The molecule has 2 heterocycles. The maximum absolute atomic E-state index is 11.3. The normalized spacial score (nSPS) is 18.9. The molecule has 4 rings (SSSR count). The molecule has 5 N–H and O–H groups in total. The molecule has 1 aliphatic rings. The Labute approximate surface area is 231 Å². The van der Waals surface area contributed by atoms with Gasteiger partial charge in [0, 0.05) is 42.6 Å². The zero-order chi connectivity index (χ0) is 28.0. The van der Waals surface area contributed by atoms with Crippen molar-refractivity contribution < 1.29 is 27.9 Å². The summed E-state index contributed by atoms with van der Waals surface area (Å²) in [7, 11) is -4.37. The fraction of sp³-hybridized carbons (Fsp3) is 0.280. The third-order valence-electron chi connectivity index (χ3n) is 5.76. The van der Waals surface area contributed by atoms with Crippen LogP contribution >= 0.6 is 11.6 Å². The summed E-state index contributed by atoms with van der Waals surface area (Å²) in [5, 5.41) is 25.8. The van der Waals surface area contributed by atoms with E-state index in [0.29, 0.717) is 22.3 Å². The average molecular weight is 577 g/mol. The molecule has 14 heteroatoms. The molecule has 2 aromatic carbocycles. The molecule has 0 aliphatic carbocycles. The van der Waals surface area contributed by atoms with Crippen LogP contribution in [0.5, 0.6) is 11.6 Å². The highest BCUT2D eigenvalue weighted by atomic mass is 35.5. The smallest absolute Gasteiger partial charge is 0.333 e. The van der Waals surface area contributed by atoms with Crippen molar-refractivity contribution in [3.63, 3.8) is 0 Å². The molecule has 208 valence electrons. The molecule has 0 saturated carbocycles. The number of hydrogen-bond donors (Lipinski definition) is 5. The Bertz CT molecular complexity index is 1360. The van der Waals surface area contributed by atoms with Gasteiger partial charge in [0.15, 0.2) is 6.35 Å². The van der Waals surface area contributed by atoms with E-state index in [1.165, 1.54) is 4.90 Å². The van der Waals surface area contributed by atoms with Crippen LogP contribution in [0, 0.1) is 5.92 Å². The molecule has 0 saturated heterocycles. The van der Waals surface area contributed by atoms with Gasteiger partial charge in [0.1, 0.15) is 5.75 Å². The van der Waals surface area contributed by atoms with Gasteiger partial charge < -0.3 is 20.3 Å². The number of benzene rings is 2. The molecule has 0 fully saturated rings. The molecule has 0 amide bonds. The first-order valence-electron chi connectivity index (χ1n) is 12.0. The summed E-state index contributed by atoms with van der Waals surface area (Å²) in [4.78, 5) is 11.3. The zero-order valence-corrected chi connectivity index (χ0v) is 22.5. The quantitative estimate of drug-likeness (QED) is 0.227. The summed E-state index contributed by atoms with van der Waals surface area (Å²) in [6.07, 6.45) is -1.12. The minimum Gasteiger partial charge on any atom is -0.439 e. The van der Waals surface area contributed by atoms with Crippen LogP contribution < -0.4 is 14.8 Å². The van der Waals surface area contributed by atoms with E-state index in [0.717, 1.165) is 5.56 Å². The van der Waals surface area contributed by atoms with Crippen molar-refractivity contribution in [3.05, 3.63) is 83.5 Å². The lowest BCUT2D eigenvalue weighted by Crippen LogP contribution is -2.60. The van der Waals surface area contributed by atoms with Gasteiger partial charge in [-0.25, -0.2) is 14.9 Å². The van der Waals surface area contributed by atoms with Gasteiger partial charge in [-0.15, -0.1) is 0 Å². The monoisotopic (exact) mass is 576 g/mol. The topological polar surface area (TPSA) is 160 Å². The highest BCUT2D eigenvalue weighted by molar-refractivity contribution is 7.83. The molecule has 1 aromatic heterocycles. The second-order valence-corrected chi connectivity index (χ2v) is 10.6. The van der Waals surface area contributed by atoms with E-state index in [9.17, 15) is 18.6 Å². The number of rotatable bonds is 10. The number of halogens is 1. The number of aromatic nitrogens is 1. The van der Waals surface area contributed by atoms with E-state index in [1.807, 2.05) is 22.9 Å². The van der Waals surface area contributed by atoms with Gasteiger partial charge in [0.05, 0.1) is 0 Å². The minimum atomic E-state index is -4.37. The van der Waals surface area contributed by atoms with Crippen LogP contribution in [-0.4, -0.2) is 69.7 Å². The second-order valence-electron chi connectivity index (χ2n) is 8.94. The summed E-state index contributed by atoms with van der Waals surface area (Å²) < 4.78 is 38.8. The Morgan fingerprint density at radius 1 is 1.08 bits per heavy atom. The van der Waals surface area contributed by atoms with Crippen molar-refractivity contribution in [3.8, 4) is 11.6 Å². The Hall–Kier alpha value is -3.30. The molecule has 3 aromatic rings. The van der Waals surface area contributed by atoms with Crippen LogP contribution in [0.15, 0.2) is 77.9 Å². The second kappa shape index (κ2) is 12.7. The third-order valence-corrected chi connectivity index (χ3v) is 6.54. The van der Waals surface area contributed by atoms with Crippen LogP contribution in [0.2, 0.25) is 5.02 Å². The van der Waals surface area contributed by atoms with Gasteiger partial charge in [0.25, 0.3) is 0 Å². The van der Waals surface area contributed by atoms with E-state index >= 15 is 0 Å². The number of anilines is 1. The van der Waals surface area contributed by atoms with Gasteiger partial charge in [-0.3, -0.25) is 9.45 Å². The number of aliphatic hydroxyl groups is 2. The highest BCUT2D eigenvalue weighted by Gasteiger charge is 2.36. The Balaban J connectivity index is 1.53. The first-order chi connectivity index (χ1) is 18.6. The molecule has 12 nitrogen and oxygen atoms in total. The molecule has 3 atom stereocenters. The van der Waals surface area contributed by atoms with Crippen LogP contribution in [-0.2, 0) is 16.8 Å². The van der Waals surface area contributed by atoms with E-state index in [4.69, 9.17) is 20.9 Å². The van der Waals surface area contributed by atoms with Gasteiger partial charge in [-0.1, -0.05) is 36.7 Å². The minimum absolute atomic E-state index is 0.0678. The third kappa shape index (κ3) is 8.34. The summed E-state index contributed by atoms with van der Waals surface area (Å²) in [6, 6.07) is 19.4. The summed E-state index contributed by atoms with van der Waals surface area (Å²) in [6.45, 7) is 1.88. The fourth-order valence-corrected chi connectivity index (χ4v) is 4.46. The summed E-state index contributed by atoms with van der Waals surface area (Å²) >= 11 is 6.02. The van der Waals surface area contributed by atoms with E-state index < -0.39 is 23.0 Å². The van der Waals surface area contributed by atoms with E-state index in [1.54, 1.807) is 66.6 Å². The zero-order valence-electron chi connectivity index (χ0n) is 20.9. The Kier molecular flexibility index (Phi) is 9.35. The van der Waals surface area contributed by atoms with Crippen LogP contribution in [0.1, 0.15) is 12.5 Å². The summed E-state index contributed by atoms with van der Waals surface area (Å²) in [5.74, 6) is 0.853. The molecule has 0 radical (unpaired) electrons. The summed E-state index contributed by atoms with van der Waals surface area (Å²) in [5.41, 5.74) is 1.45. The number of ether oxygens (including phenoxy) is 1. The molecule has 0 unspecified atom stereocenters. The van der Waals surface area contributed by atoms with Crippen molar-refractivity contribution >= 4 is 33.6 Å².